The highest BCUT2D eigenvalue weighted by Crippen LogP contribution is 2.30. The van der Waals surface area contributed by atoms with Crippen LogP contribution >= 0.6 is 0 Å². The Balaban J connectivity index is 0. The van der Waals surface area contributed by atoms with Crippen LogP contribution in [0.4, 0.5) is 13.2 Å². The monoisotopic (exact) mass is 359 g/mol. The van der Waals surface area contributed by atoms with Crippen LogP contribution in [0.3, 0.4) is 0 Å². The van der Waals surface area contributed by atoms with Gasteiger partial charge >= 0.3 is 6.18 Å². The Hall–Kier alpha value is -0.550. The molecule has 19 heavy (non-hydrogen) atoms. The molecule has 1 rings (SSSR count). The molecule has 0 aliphatic heterocycles. The normalized spacial score (nSPS) is 18.9. The minimum atomic E-state index is -4.89. The maximum atomic E-state index is 12.5. The summed E-state index contributed by atoms with van der Waals surface area (Å²) in [5, 5.41) is 0. The Morgan fingerprint density at radius 2 is 1.58 bits per heavy atom. The number of alkyl halides is 3. The largest absolute Gasteiger partial charge is 1.00 e. The lowest BCUT2D eigenvalue weighted by molar-refractivity contribution is -0.0863. The molecule has 0 spiro atoms. The number of halogens is 5. The Morgan fingerprint density at radius 1 is 1.11 bits per heavy atom. The Labute approximate surface area is 121 Å². The van der Waals surface area contributed by atoms with Crippen LogP contribution < -0.4 is 30.5 Å². The van der Waals surface area contributed by atoms with Gasteiger partial charge in [-0.1, -0.05) is 0 Å². The van der Waals surface area contributed by atoms with E-state index >= 15 is 0 Å². The van der Waals surface area contributed by atoms with Crippen LogP contribution in [0, 0.1) is 0 Å². The minimum absolute atomic E-state index is 0. The van der Waals surface area contributed by atoms with Crippen LogP contribution in [0.1, 0.15) is 6.42 Å². The van der Waals surface area contributed by atoms with Crippen molar-refractivity contribution in [2.24, 2.45) is 5.73 Å². The molecule has 0 amide bonds. The standard InChI is InChI=1S/C7H6F3NO4S2.2ClH/c8-7(9,10)3-1-4(11)6(17(14)15)2-5(3)16(12)13;;/h1,4H,2,11H2;2*1H/p-2. The molecule has 0 saturated heterocycles. The molecule has 0 aromatic carbocycles. The van der Waals surface area contributed by atoms with E-state index in [2.05, 4.69) is 0 Å². The molecular weight excluding hydrogens is 354 g/mol. The van der Waals surface area contributed by atoms with Crippen molar-refractivity contribution in [3.8, 4) is 0 Å². The molecule has 1 unspecified atom stereocenters. The summed E-state index contributed by atoms with van der Waals surface area (Å²) in [5.74, 6) is 0. The van der Waals surface area contributed by atoms with Crippen LogP contribution in [0.2, 0.25) is 0 Å². The summed E-state index contributed by atoms with van der Waals surface area (Å²) in [7, 11) is -5.98. The molecule has 12 heteroatoms. The van der Waals surface area contributed by atoms with Crippen molar-refractivity contribution in [1.82, 2.24) is 0 Å². The summed E-state index contributed by atoms with van der Waals surface area (Å²) in [6, 6.07) is -1.46. The number of allylic oxidation sites excluding steroid dienone is 1. The van der Waals surface area contributed by atoms with Gasteiger partial charge in [-0.25, -0.2) is 0 Å². The fourth-order valence-electron chi connectivity index (χ4n) is 1.31. The molecule has 0 radical (unpaired) electrons. The molecule has 5 nitrogen and oxygen atoms in total. The second-order valence-corrected chi connectivity index (χ2v) is 5.10. The summed E-state index contributed by atoms with van der Waals surface area (Å²) < 4.78 is 80.0. The lowest BCUT2D eigenvalue weighted by Gasteiger charge is -2.20. The van der Waals surface area contributed by atoms with Gasteiger partial charge in [-0.3, -0.25) is 0 Å². The first-order chi connectivity index (χ1) is 7.64. The summed E-state index contributed by atoms with van der Waals surface area (Å²) in [6.07, 6.45) is -5.35. The maximum Gasteiger partial charge on any atom is 0.417 e. The van der Waals surface area contributed by atoms with Gasteiger partial charge in [-0.2, -0.15) is 30.0 Å². The molecule has 0 aromatic rings. The summed E-state index contributed by atoms with van der Waals surface area (Å²) in [4.78, 5) is -1.50. The SMILES string of the molecule is NC1C=C(C(F)(F)F)C(=S(=O)=O)CC1=S(=O)=O.[Cl-].[Cl-]. The third-order valence-corrected chi connectivity index (χ3v) is 3.69. The zero-order valence-corrected chi connectivity index (χ0v) is 11.9. The zero-order chi connectivity index (χ0) is 13.4. The van der Waals surface area contributed by atoms with Crippen molar-refractivity contribution >= 4 is 30.3 Å². The van der Waals surface area contributed by atoms with Gasteiger partial charge < -0.3 is 30.5 Å². The van der Waals surface area contributed by atoms with Crippen molar-refractivity contribution in [3.63, 3.8) is 0 Å². The van der Waals surface area contributed by atoms with Gasteiger partial charge in [-0.15, -0.1) is 0 Å². The van der Waals surface area contributed by atoms with Crippen LogP contribution in [0.25, 0.3) is 0 Å². The van der Waals surface area contributed by atoms with Crippen molar-refractivity contribution in [3.05, 3.63) is 11.6 Å². The average Bonchev–Trinajstić information content (AvgIpc) is 2.14. The topological polar surface area (TPSA) is 94.3 Å². The third-order valence-electron chi connectivity index (χ3n) is 2.07. The van der Waals surface area contributed by atoms with Crippen molar-refractivity contribution in [2.45, 2.75) is 18.6 Å². The Kier molecular flexibility index (Phi) is 7.97. The van der Waals surface area contributed by atoms with Gasteiger partial charge in [0.05, 0.1) is 21.3 Å². The van der Waals surface area contributed by atoms with Gasteiger partial charge in [0.25, 0.3) is 0 Å². The molecule has 0 fully saturated rings. The van der Waals surface area contributed by atoms with Gasteiger partial charge in [0, 0.05) is 6.42 Å². The fraction of sp³-hybridized carbons (Fsp3) is 0.429. The third kappa shape index (κ3) is 4.80. The molecule has 0 saturated carbocycles. The van der Waals surface area contributed by atoms with Gasteiger partial charge in [0.2, 0.25) is 20.6 Å². The molecule has 2 N–H and O–H groups in total. The summed E-state index contributed by atoms with van der Waals surface area (Å²) in [6.45, 7) is 0. The highest BCUT2D eigenvalue weighted by Gasteiger charge is 2.41. The van der Waals surface area contributed by atoms with Gasteiger partial charge in [-0.05, 0) is 6.08 Å². The molecule has 0 bridgehead atoms. The fourth-order valence-corrected chi connectivity index (χ4v) is 2.59. The van der Waals surface area contributed by atoms with E-state index in [-0.39, 0.29) is 24.8 Å². The molecule has 0 heterocycles. The number of hydrogen-bond acceptors (Lipinski definition) is 5. The van der Waals surface area contributed by atoms with E-state index in [1.54, 1.807) is 0 Å². The highest BCUT2D eigenvalue weighted by molar-refractivity contribution is 7.75. The van der Waals surface area contributed by atoms with E-state index < -0.39 is 54.5 Å². The zero-order valence-electron chi connectivity index (χ0n) is 8.78. The van der Waals surface area contributed by atoms with Gasteiger partial charge in [0.1, 0.15) is 0 Å². The van der Waals surface area contributed by atoms with Crippen LogP contribution in [0.15, 0.2) is 11.6 Å². The minimum Gasteiger partial charge on any atom is -1.00 e. The lowest BCUT2D eigenvalue weighted by atomic mass is 9.95. The predicted octanol–water partition coefficient (Wildman–Crippen LogP) is -6.68. The molecule has 1 atom stereocenters. The smallest absolute Gasteiger partial charge is 0.417 e. The van der Waals surface area contributed by atoms with E-state index in [1.165, 1.54) is 0 Å². The van der Waals surface area contributed by atoms with E-state index in [4.69, 9.17) is 5.73 Å². The number of nitrogens with two attached hydrogens (primary N) is 1. The van der Waals surface area contributed by atoms with Crippen LogP contribution in [-0.4, -0.2) is 38.8 Å². The van der Waals surface area contributed by atoms with E-state index in [1.807, 2.05) is 0 Å². The molecule has 1 aliphatic carbocycles. The first-order valence-electron chi connectivity index (χ1n) is 4.09. The van der Waals surface area contributed by atoms with Crippen molar-refractivity contribution in [2.75, 3.05) is 0 Å². The van der Waals surface area contributed by atoms with E-state index in [0.717, 1.165) is 0 Å². The predicted molar refractivity (Wildman–Crippen MR) is 54.6 cm³/mol. The number of rotatable bonds is 0. The van der Waals surface area contributed by atoms with E-state index in [9.17, 15) is 30.0 Å². The second-order valence-electron chi connectivity index (χ2n) is 3.14. The lowest BCUT2D eigenvalue weighted by Crippen LogP contribution is -3.00. The Bertz CT molecular complexity index is 632. The molecule has 112 valence electrons. The van der Waals surface area contributed by atoms with Crippen LogP contribution in [-0.2, 0) is 20.6 Å². The average molecular weight is 360 g/mol. The quantitative estimate of drug-likeness (QED) is 0.434. The highest BCUT2D eigenvalue weighted by atomic mass is 35.5. The van der Waals surface area contributed by atoms with E-state index in [0.29, 0.717) is 6.08 Å². The first-order valence-corrected chi connectivity index (χ1v) is 6.24. The first kappa shape index (κ1) is 20.8. The van der Waals surface area contributed by atoms with Crippen molar-refractivity contribution in [1.29, 1.82) is 0 Å². The van der Waals surface area contributed by atoms with Crippen molar-refractivity contribution < 1.29 is 54.8 Å². The van der Waals surface area contributed by atoms with Crippen LogP contribution in [0.5, 0.6) is 0 Å². The number of hydrogen-bond donors (Lipinski definition) is 1. The second kappa shape index (κ2) is 7.29. The Morgan fingerprint density at radius 3 is 1.89 bits per heavy atom. The maximum absolute atomic E-state index is 12.5. The molecular formula is C7H6Cl2F3NO4S2-2. The van der Waals surface area contributed by atoms with Gasteiger partial charge in [0.15, 0.2) is 0 Å². The summed E-state index contributed by atoms with van der Waals surface area (Å²) >= 11 is 0. The molecule has 0 aromatic heterocycles. The molecule has 1 aliphatic rings. The summed E-state index contributed by atoms with van der Waals surface area (Å²) in [5.41, 5.74) is 3.80.